The second-order valence-electron chi connectivity index (χ2n) is 4.86. The average Bonchev–Trinajstić information content (AvgIpc) is 2.82. The number of nitrogens with zero attached hydrogens (tertiary/aromatic N) is 1. The van der Waals surface area contributed by atoms with E-state index in [-0.39, 0.29) is 5.88 Å². The van der Waals surface area contributed by atoms with Gasteiger partial charge < -0.3 is 14.4 Å². The number of carboxylic acid groups (broad SMARTS) is 1. The minimum atomic E-state index is -1.39. The van der Waals surface area contributed by atoms with Gasteiger partial charge >= 0.3 is 6.16 Å². The number of fused-ring (bicyclic) bond motifs is 1. The van der Waals surface area contributed by atoms with Crippen molar-refractivity contribution in [1.82, 2.24) is 4.57 Å². The lowest BCUT2D eigenvalue weighted by Crippen LogP contribution is -2.09. The summed E-state index contributed by atoms with van der Waals surface area (Å²) in [4.78, 5) is 10.9. The van der Waals surface area contributed by atoms with Crippen LogP contribution < -0.4 is 4.74 Å². The van der Waals surface area contributed by atoms with Gasteiger partial charge in [0.05, 0.1) is 27.1 Å². The highest BCUT2D eigenvalue weighted by Gasteiger charge is 2.15. The molecule has 1 N–H and O–H groups in total. The van der Waals surface area contributed by atoms with Gasteiger partial charge in [0.1, 0.15) is 0 Å². The number of carbonyl (C=O) groups is 1. The summed E-state index contributed by atoms with van der Waals surface area (Å²) in [7, 11) is 0. The highest BCUT2D eigenvalue weighted by atomic mass is 35.5. The molecule has 0 saturated heterocycles. The third kappa shape index (κ3) is 3.24. The Bertz CT molecular complexity index is 905. The summed E-state index contributed by atoms with van der Waals surface area (Å²) in [5, 5.41) is 11.0. The van der Waals surface area contributed by atoms with E-state index in [1.165, 1.54) is 0 Å². The molecule has 3 aromatic rings. The van der Waals surface area contributed by atoms with Crippen LogP contribution in [-0.4, -0.2) is 15.8 Å². The van der Waals surface area contributed by atoms with E-state index >= 15 is 0 Å². The van der Waals surface area contributed by atoms with Crippen LogP contribution in [0.15, 0.2) is 42.5 Å². The number of hydrogen-bond donors (Lipinski definition) is 1. The maximum Gasteiger partial charge on any atom is 0.512 e. The molecule has 0 amide bonds. The van der Waals surface area contributed by atoms with Crippen molar-refractivity contribution in [2.45, 2.75) is 6.54 Å². The standard InChI is InChI=1S/C16H10Cl3NO3/c17-11-2-1-3-14-10(11)7-15(23-16(21)22)20(14)8-9-4-5-12(18)13(19)6-9/h1-7H,8H2,(H,21,22). The van der Waals surface area contributed by atoms with Gasteiger partial charge in [-0.05, 0) is 29.8 Å². The Morgan fingerprint density at radius 3 is 2.52 bits per heavy atom. The van der Waals surface area contributed by atoms with Gasteiger partial charge in [-0.25, -0.2) is 4.79 Å². The maximum absolute atomic E-state index is 10.9. The predicted octanol–water partition coefficient (Wildman–Crippen LogP) is 5.71. The van der Waals surface area contributed by atoms with Crippen LogP contribution in [0.4, 0.5) is 4.79 Å². The van der Waals surface area contributed by atoms with Crippen LogP contribution in [0.5, 0.6) is 5.88 Å². The topological polar surface area (TPSA) is 51.5 Å². The molecule has 0 saturated carbocycles. The van der Waals surface area contributed by atoms with Gasteiger partial charge in [-0.1, -0.05) is 46.9 Å². The summed E-state index contributed by atoms with van der Waals surface area (Å²) in [6.07, 6.45) is -1.39. The quantitative estimate of drug-likeness (QED) is 0.601. The molecule has 0 bridgehead atoms. The van der Waals surface area contributed by atoms with Gasteiger partial charge in [0.2, 0.25) is 5.88 Å². The third-order valence-corrected chi connectivity index (χ3v) is 4.44. The molecule has 7 heteroatoms. The lowest BCUT2D eigenvalue weighted by Gasteiger charge is -2.10. The second kappa shape index (κ2) is 6.32. The Balaban J connectivity index is 2.11. The van der Waals surface area contributed by atoms with Crippen molar-refractivity contribution in [2.75, 3.05) is 0 Å². The lowest BCUT2D eigenvalue weighted by molar-refractivity contribution is 0.141. The molecular weight excluding hydrogens is 361 g/mol. The third-order valence-electron chi connectivity index (χ3n) is 3.37. The Labute approximate surface area is 146 Å². The van der Waals surface area contributed by atoms with Gasteiger partial charge in [-0.15, -0.1) is 0 Å². The molecule has 23 heavy (non-hydrogen) atoms. The van der Waals surface area contributed by atoms with Gasteiger partial charge in [-0.2, -0.15) is 0 Å². The Morgan fingerprint density at radius 2 is 1.83 bits per heavy atom. The van der Waals surface area contributed by atoms with Crippen molar-refractivity contribution < 1.29 is 14.6 Å². The van der Waals surface area contributed by atoms with Crippen molar-refractivity contribution in [3.8, 4) is 5.88 Å². The van der Waals surface area contributed by atoms with Crippen molar-refractivity contribution in [1.29, 1.82) is 0 Å². The number of hydrogen-bond acceptors (Lipinski definition) is 2. The zero-order valence-electron chi connectivity index (χ0n) is 11.6. The normalized spacial score (nSPS) is 10.9. The van der Waals surface area contributed by atoms with Crippen molar-refractivity contribution in [3.05, 3.63) is 63.1 Å². The number of aromatic nitrogens is 1. The van der Waals surface area contributed by atoms with Crippen LogP contribution in [0.25, 0.3) is 10.9 Å². The zero-order chi connectivity index (χ0) is 16.6. The molecule has 118 valence electrons. The number of halogens is 3. The first-order valence-corrected chi connectivity index (χ1v) is 7.71. The number of rotatable bonds is 3. The summed E-state index contributed by atoms with van der Waals surface area (Å²) in [6, 6.07) is 12.2. The van der Waals surface area contributed by atoms with Gasteiger partial charge in [0.15, 0.2) is 0 Å². The minimum Gasteiger partial charge on any atom is -0.449 e. The minimum absolute atomic E-state index is 0.187. The van der Waals surface area contributed by atoms with Crippen LogP contribution in [0.3, 0.4) is 0 Å². The molecule has 0 aliphatic carbocycles. The Kier molecular flexibility index (Phi) is 4.39. The summed E-state index contributed by atoms with van der Waals surface area (Å²) in [6.45, 7) is 0.364. The highest BCUT2D eigenvalue weighted by Crippen LogP contribution is 2.32. The van der Waals surface area contributed by atoms with E-state index < -0.39 is 6.16 Å². The van der Waals surface area contributed by atoms with Gasteiger partial charge in [0.25, 0.3) is 0 Å². The molecule has 3 rings (SSSR count). The lowest BCUT2D eigenvalue weighted by atomic mass is 10.2. The molecule has 0 fully saturated rings. The van der Waals surface area contributed by atoms with Crippen molar-refractivity contribution in [3.63, 3.8) is 0 Å². The molecule has 1 aromatic heterocycles. The summed E-state index contributed by atoms with van der Waals surface area (Å²) < 4.78 is 6.59. The first kappa shape index (κ1) is 16.0. The molecule has 0 aliphatic heterocycles. The predicted molar refractivity (Wildman–Crippen MR) is 91.2 cm³/mol. The molecule has 2 aromatic carbocycles. The largest absolute Gasteiger partial charge is 0.512 e. The molecule has 4 nitrogen and oxygen atoms in total. The summed E-state index contributed by atoms with van der Waals surface area (Å²) in [5.41, 5.74) is 1.62. The van der Waals surface area contributed by atoms with E-state index in [4.69, 9.17) is 44.6 Å². The molecule has 0 aliphatic rings. The smallest absolute Gasteiger partial charge is 0.449 e. The van der Waals surface area contributed by atoms with Crippen LogP contribution in [0, 0.1) is 0 Å². The van der Waals surface area contributed by atoms with Crippen LogP contribution in [0.1, 0.15) is 5.56 Å². The first-order valence-electron chi connectivity index (χ1n) is 6.58. The van der Waals surface area contributed by atoms with E-state index in [0.29, 0.717) is 27.0 Å². The Morgan fingerprint density at radius 1 is 1.04 bits per heavy atom. The molecule has 0 atom stereocenters. The van der Waals surface area contributed by atoms with E-state index in [9.17, 15) is 4.79 Å². The van der Waals surface area contributed by atoms with E-state index in [0.717, 1.165) is 11.1 Å². The van der Waals surface area contributed by atoms with Crippen LogP contribution in [-0.2, 0) is 6.54 Å². The number of ether oxygens (including phenoxy) is 1. The van der Waals surface area contributed by atoms with Crippen LogP contribution in [0.2, 0.25) is 15.1 Å². The number of benzene rings is 2. The van der Waals surface area contributed by atoms with Gasteiger partial charge in [-0.3, -0.25) is 0 Å². The summed E-state index contributed by atoms with van der Waals surface area (Å²) >= 11 is 18.1. The average molecular weight is 371 g/mol. The Hall–Kier alpha value is -1.88. The maximum atomic E-state index is 10.9. The van der Waals surface area contributed by atoms with Gasteiger partial charge in [0, 0.05) is 11.5 Å². The second-order valence-corrected chi connectivity index (χ2v) is 6.08. The molecular formula is C16H10Cl3NO3. The van der Waals surface area contributed by atoms with E-state index in [1.54, 1.807) is 34.9 Å². The highest BCUT2D eigenvalue weighted by molar-refractivity contribution is 6.42. The van der Waals surface area contributed by atoms with Crippen LogP contribution >= 0.6 is 34.8 Å². The van der Waals surface area contributed by atoms with E-state index in [2.05, 4.69) is 0 Å². The first-order chi connectivity index (χ1) is 11.0. The fraction of sp³-hybridized carbons (Fsp3) is 0.0625. The monoisotopic (exact) mass is 369 g/mol. The fourth-order valence-electron chi connectivity index (χ4n) is 2.38. The SMILES string of the molecule is O=C(O)Oc1cc2c(Cl)cccc2n1Cc1ccc(Cl)c(Cl)c1. The summed E-state index contributed by atoms with van der Waals surface area (Å²) in [5.74, 6) is 0.187. The van der Waals surface area contributed by atoms with Crippen molar-refractivity contribution >= 4 is 51.9 Å². The zero-order valence-corrected chi connectivity index (χ0v) is 13.9. The van der Waals surface area contributed by atoms with E-state index in [1.807, 2.05) is 12.1 Å². The molecule has 0 radical (unpaired) electrons. The molecule has 1 heterocycles. The molecule has 0 unspecified atom stereocenters. The van der Waals surface area contributed by atoms with Crippen molar-refractivity contribution in [2.24, 2.45) is 0 Å². The molecule has 0 spiro atoms. The fourth-order valence-corrected chi connectivity index (χ4v) is 2.93.